The Morgan fingerprint density at radius 2 is 2.35 bits per heavy atom. The minimum atomic E-state index is -0.00579. The van der Waals surface area contributed by atoms with Gasteiger partial charge in [0.25, 0.3) is 5.91 Å². The number of hydrogen-bond acceptors (Lipinski definition) is 3. The molecule has 3 rings (SSSR count). The normalized spacial score (nSPS) is 18.3. The van der Waals surface area contributed by atoms with Gasteiger partial charge in [-0.2, -0.15) is 0 Å². The zero-order chi connectivity index (χ0) is 13.8. The van der Waals surface area contributed by atoms with Crippen molar-refractivity contribution in [2.75, 3.05) is 13.1 Å². The van der Waals surface area contributed by atoms with Crippen molar-refractivity contribution in [3.8, 4) is 0 Å². The van der Waals surface area contributed by atoms with Crippen molar-refractivity contribution in [2.45, 2.75) is 25.3 Å². The van der Waals surface area contributed by atoms with E-state index in [0.29, 0.717) is 11.6 Å². The van der Waals surface area contributed by atoms with Crippen molar-refractivity contribution >= 4 is 16.8 Å². The first-order valence-electron chi connectivity index (χ1n) is 7.19. The fourth-order valence-corrected chi connectivity index (χ4v) is 2.68. The van der Waals surface area contributed by atoms with Gasteiger partial charge in [0.2, 0.25) is 0 Å². The van der Waals surface area contributed by atoms with E-state index in [4.69, 9.17) is 0 Å². The van der Waals surface area contributed by atoms with Gasteiger partial charge in [0, 0.05) is 29.7 Å². The Bertz CT molecular complexity index is 605. The molecule has 0 aliphatic carbocycles. The van der Waals surface area contributed by atoms with Crippen LogP contribution in [0, 0.1) is 0 Å². The lowest BCUT2D eigenvalue weighted by atomic mass is 10.1. The molecule has 1 aromatic carbocycles. The van der Waals surface area contributed by atoms with E-state index in [1.807, 2.05) is 30.3 Å². The van der Waals surface area contributed by atoms with Gasteiger partial charge < -0.3 is 10.6 Å². The number of amides is 1. The van der Waals surface area contributed by atoms with E-state index in [9.17, 15) is 4.79 Å². The van der Waals surface area contributed by atoms with Gasteiger partial charge in [0.1, 0.15) is 0 Å². The van der Waals surface area contributed by atoms with Crippen molar-refractivity contribution in [1.82, 2.24) is 15.6 Å². The molecule has 1 atom stereocenters. The molecule has 104 valence electrons. The summed E-state index contributed by atoms with van der Waals surface area (Å²) >= 11 is 0. The number of aromatic nitrogens is 1. The largest absolute Gasteiger partial charge is 0.352 e. The summed E-state index contributed by atoms with van der Waals surface area (Å²) < 4.78 is 0. The third-order valence-corrected chi connectivity index (χ3v) is 3.81. The Kier molecular flexibility index (Phi) is 3.92. The third-order valence-electron chi connectivity index (χ3n) is 3.81. The molecule has 1 fully saturated rings. The van der Waals surface area contributed by atoms with Crippen molar-refractivity contribution in [3.63, 3.8) is 0 Å². The average Bonchev–Trinajstić information content (AvgIpc) is 3.00. The van der Waals surface area contributed by atoms with Gasteiger partial charge in [-0.3, -0.25) is 9.78 Å². The lowest BCUT2D eigenvalue weighted by Gasteiger charge is -2.11. The van der Waals surface area contributed by atoms with Crippen molar-refractivity contribution in [2.24, 2.45) is 0 Å². The second kappa shape index (κ2) is 6.01. The van der Waals surface area contributed by atoms with Crippen LogP contribution in [0.3, 0.4) is 0 Å². The zero-order valence-corrected chi connectivity index (χ0v) is 11.4. The molecule has 2 heterocycles. The number of fused-ring (bicyclic) bond motifs is 1. The second-order valence-corrected chi connectivity index (χ2v) is 5.25. The van der Waals surface area contributed by atoms with Gasteiger partial charge in [0.05, 0.1) is 5.52 Å². The Morgan fingerprint density at radius 3 is 3.20 bits per heavy atom. The van der Waals surface area contributed by atoms with Crippen LogP contribution in [0.5, 0.6) is 0 Å². The predicted molar refractivity (Wildman–Crippen MR) is 79.7 cm³/mol. The van der Waals surface area contributed by atoms with Crippen molar-refractivity contribution in [1.29, 1.82) is 0 Å². The molecule has 0 saturated carbocycles. The zero-order valence-electron chi connectivity index (χ0n) is 11.4. The van der Waals surface area contributed by atoms with Gasteiger partial charge in [-0.15, -0.1) is 0 Å². The van der Waals surface area contributed by atoms with Crippen molar-refractivity contribution in [3.05, 3.63) is 42.1 Å². The lowest BCUT2D eigenvalue weighted by Crippen LogP contribution is -2.30. The van der Waals surface area contributed by atoms with Crippen LogP contribution in [0.4, 0.5) is 0 Å². The molecule has 1 aliphatic rings. The number of carbonyl (C=O) groups excluding carboxylic acids is 1. The maximum Gasteiger partial charge on any atom is 0.251 e. The molecule has 4 nitrogen and oxygen atoms in total. The molecule has 1 amide bonds. The van der Waals surface area contributed by atoms with Gasteiger partial charge in [0.15, 0.2) is 0 Å². The number of hydrogen-bond donors (Lipinski definition) is 2. The van der Waals surface area contributed by atoms with E-state index >= 15 is 0 Å². The molecule has 0 radical (unpaired) electrons. The van der Waals surface area contributed by atoms with E-state index in [2.05, 4.69) is 15.6 Å². The Hall–Kier alpha value is -1.94. The summed E-state index contributed by atoms with van der Waals surface area (Å²) in [6.07, 6.45) is 5.23. The average molecular weight is 269 g/mol. The quantitative estimate of drug-likeness (QED) is 0.893. The van der Waals surface area contributed by atoms with E-state index in [1.165, 1.54) is 12.8 Å². The van der Waals surface area contributed by atoms with E-state index in [0.717, 1.165) is 30.4 Å². The van der Waals surface area contributed by atoms with Gasteiger partial charge in [-0.05, 0) is 50.1 Å². The lowest BCUT2D eigenvalue weighted by molar-refractivity contribution is 0.0952. The van der Waals surface area contributed by atoms with E-state index in [1.54, 1.807) is 6.20 Å². The van der Waals surface area contributed by atoms with E-state index < -0.39 is 0 Å². The van der Waals surface area contributed by atoms with Crippen LogP contribution in [0.2, 0.25) is 0 Å². The van der Waals surface area contributed by atoms with Crippen LogP contribution in [0.15, 0.2) is 36.5 Å². The maximum atomic E-state index is 12.1. The minimum absolute atomic E-state index is 0.00579. The van der Waals surface area contributed by atoms with Crippen molar-refractivity contribution < 1.29 is 4.79 Å². The number of benzene rings is 1. The standard InChI is InChI=1S/C16H19N3O/c20-16(19-10-7-14-4-2-8-17-14)13-5-6-15-12(11-13)3-1-9-18-15/h1,3,5-6,9,11,14,17H,2,4,7-8,10H2,(H,19,20)/t14-/m0/s1. The molecule has 4 heteroatoms. The SMILES string of the molecule is O=C(NCC[C@@H]1CCCN1)c1ccc2ncccc2c1. The molecular formula is C16H19N3O. The highest BCUT2D eigenvalue weighted by Crippen LogP contribution is 2.13. The first-order valence-corrected chi connectivity index (χ1v) is 7.19. The highest BCUT2D eigenvalue weighted by molar-refractivity contribution is 5.97. The summed E-state index contributed by atoms with van der Waals surface area (Å²) in [6.45, 7) is 1.83. The summed E-state index contributed by atoms with van der Waals surface area (Å²) in [5.41, 5.74) is 1.61. The second-order valence-electron chi connectivity index (χ2n) is 5.25. The molecule has 0 spiro atoms. The van der Waals surface area contributed by atoms with Crippen LogP contribution in [-0.4, -0.2) is 30.0 Å². The number of nitrogens with zero attached hydrogens (tertiary/aromatic N) is 1. The number of pyridine rings is 1. The molecular weight excluding hydrogens is 250 g/mol. The minimum Gasteiger partial charge on any atom is -0.352 e. The molecule has 1 saturated heterocycles. The molecule has 0 unspecified atom stereocenters. The maximum absolute atomic E-state index is 12.1. The first-order chi connectivity index (χ1) is 9.83. The third kappa shape index (κ3) is 2.96. The molecule has 0 bridgehead atoms. The van der Waals surface area contributed by atoms with Gasteiger partial charge in [-0.1, -0.05) is 6.07 Å². The highest BCUT2D eigenvalue weighted by Gasteiger charge is 2.14. The molecule has 2 aromatic rings. The Balaban J connectivity index is 1.60. The highest BCUT2D eigenvalue weighted by atomic mass is 16.1. The van der Waals surface area contributed by atoms with Crippen LogP contribution in [0.1, 0.15) is 29.6 Å². The summed E-state index contributed by atoms with van der Waals surface area (Å²) in [5, 5.41) is 7.42. The predicted octanol–water partition coefficient (Wildman–Crippen LogP) is 2.11. The number of carbonyl (C=O) groups is 1. The van der Waals surface area contributed by atoms with Gasteiger partial charge >= 0.3 is 0 Å². The van der Waals surface area contributed by atoms with Crippen LogP contribution < -0.4 is 10.6 Å². The smallest absolute Gasteiger partial charge is 0.251 e. The summed E-state index contributed by atoms with van der Waals surface area (Å²) in [4.78, 5) is 16.4. The Morgan fingerprint density at radius 1 is 1.40 bits per heavy atom. The summed E-state index contributed by atoms with van der Waals surface area (Å²) in [7, 11) is 0. The van der Waals surface area contributed by atoms with Crippen LogP contribution in [0.25, 0.3) is 10.9 Å². The molecule has 1 aliphatic heterocycles. The molecule has 20 heavy (non-hydrogen) atoms. The monoisotopic (exact) mass is 269 g/mol. The summed E-state index contributed by atoms with van der Waals surface area (Å²) in [5.74, 6) is -0.00579. The summed E-state index contributed by atoms with van der Waals surface area (Å²) in [6, 6.07) is 10.0. The Labute approximate surface area is 118 Å². The fourth-order valence-electron chi connectivity index (χ4n) is 2.68. The van der Waals surface area contributed by atoms with Gasteiger partial charge in [-0.25, -0.2) is 0 Å². The topological polar surface area (TPSA) is 54.0 Å². The molecule has 1 aromatic heterocycles. The number of rotatable bonds is 4. The fraction of sp³-hybridized carbons (Fsp3) is 0.375. The van der Waals surface area contributed by atoms with E-state index in [-0.39, 0.29) is 5.91 Å². The van der Waals surface area contributed by atoms with Crippen LogP contribution >= 0.6 is 0 Å². The first kappa shape index (κ1) is 13.1. The molecule has 2 N–H and O–H groups in total. The number of nitrogens with one attached hydrogen (secondary N) is 2. The van der Waals surface area contributed by atoms with Crippen LogP contribution in [-0.2, 0) is 0 Å².